The van der Waals surface area contributed by atoms with Gasteiger partial charge in [0.1, 0.15) is 60.1 Å². The number of amides is 8. The fourth-order valence-electron chi connectivity index (χ4n) is 11.8. The minimum Gasteiger partial charge on any atom is -0.508 e. The molecule has 25 nitrogen and oxygen atoms in total. The fourth-order valence-corrected chi connectivity index (χ4v) is 11.8. The smallest absolute Gasteiger partial charge is 0.326 e. The van der Waals surface area contributed by atoms with E-state index in [1.165, 1.54) is 24.0 Å². The van der Waals surface area contributed by atoms with E-state index >= 15 is 19.2 Å². The highest BCUT2D eigenvalue weighted by Gasteiger charge is 2.42. The van der Waals surface area contributed by atoms with E-state index in [0.29, 0.717) is 47.9 Å². The molecule has 1 saturated heterocycles. The first-order valence-corrected chi connectivity index (χ1v) is 31.8. The van der Waals surface area contributed by atoms with Gasteiger partial charge in [0.2, 0.25) is 47.3 Å². The van der Waals surface area contributed by atoms with Gasteiger partial charge in [-0.15, -0.1) is 0 Å². The van der Waals surface area contributed by atoms with Crippen LogP contribution in [0.2, 0.25) is 0 Å². The molecule has 8 rings (SSSR count). The second kappa shape index (κ2) is 32.1. The first-order chi connectivity index (χ1) is 44.5. The van der Waals surface area contributed by atoms with Gasteiger partial charge in [0.05, 0.1) is 6.10 Å². The summed E-state index contributed by atoms with van der Waals surface area (Å²) in [5, 5.41) is 52.1. The minimum absolute atomic E-state index is 0.0307. The monoisotopic (exact) mass is 1280 g/mol. The van der Waals surface area contributed by atoms with Crippen molar-refractivity contribution >= 4 is 85.9 Å². The molecule has 7 aromatic rings. The zero-order chi connectivity index (χ0) is 67.0. The predicted molar refractivity (Wildman–Crippen MR) is 351 cm³/mol. The van der Waals surface area contributed by atoms with Crippen LogP contribution in [-0.2, 0) is 68.8 Å². The third-order valence-corrected chi connectivity index (χ3v) is 17.5. The number of aliphatic hydroxyl groups excluding tert-OH is 1. The third kappa shape index (κ3) is 17.7. The van der Waals surface area contributed by atoms with Gasteiger partial charge in [0.25, 0.3) is 0 Å². The van der Waals surface area contributed by atoms with Crippen LogP contribution in [0.3, 0.4) is 0 Å². The number of hydrogen-bond donors (Lipinski definition) is 15. The summed E-state index contributed by atoms with van der Waals surface area (Å²) < 4.78 is 0. The quantitative estimate of drug-likeness (QED) is 0.0270. The number of carboxylic acids is 1. The molecule has 1 aliphatic rings. The summed E-state index contributed by atoms with van der Waals surface area (Å²) in [5.41, 5.74) is 16.7. The van der Waals surface area contributed by atoms with E-state index in [9.17, 15) is 39.3 Å². The van der Waals surface area contributed by atoms with Gasteiger partial charge in [-0.2, -0.15) is 0 Å². The second-order valence-corrected chi connectivity index (χ2v) is 24.5. The van der Waals surface area contributed by atoms with Crippen LogP contribution in [0.5, 0.6) is 5.75 Å². The number of unbranched alkanes of at least 4 members (excludes halogenated alkanes) is 1. The summed E-state index contributed by atoms with van der Waals surface area (Å²) in [7, 11) is 0. The zero-order valence-electron chi connectivity index (χ0n) is 53.0. The SMILES string of the molecule is CC[C@H](C)[C@H](NC(=O)[C@H](Cc1ccc(O)cc1)NC(=O)[C@@H](N)[C@@H](C)O)C(=O)N[C@@H](CCCCN)C(=O)N[C@@H](Cc1c[nH]c2ccccc12)C(=O)N1CCC[C@H]1C(=O)N[C@@H](Cc1c[nH]c2ccccc12)C(=O)N[C@@H](Cc1c[nH]c2ccccc12)C(=O)N[C@H](C(=O)O)C(C)C. The highest BCUT2D eigenvalue weighted by Crippen LogP contribution is 2.26. The summed E-state index contributed by atoms with van der Waals surface area (Å²) in [4.78, 5) is 141. The number of nitrogens with one attached hydrogen (secondary N) is 10. The number of aromatic nitrogens is 3. The highest BCUT2D eigenvalue weighted by atomic mass is 16.4. The van der Waals surface area contributed by atoms with Crippen LogP contribution in [0, 0.1) is 11.8 Å². The molecule has 0 spiro atoms. The summed E-state index contributed by atoms with van der Waals surface area (Å²) in [6.45, 7) is 8.50. The molecular formula is C68H87N13O12. The Balaban J connectivity index is 1.07. The zero-order valence-corrected chi connectivity index (χ0v) is 53.0. The molecule has 1 aliphatic heterocycles. The molecule has 0 saturated carbocycles. The number of nitrogens with two attached hydrogens (primary N) is 2. The van der Waals surface area contributed by atoms with E-state index in [4.69, 9.17) is 11.5 Å². The number of hydrogen-bond acceptors (Lipinski definition) is 13. The van der Waals surface area contributed by atoms with E-state index in [0.717, 1.165) is 32.7 Å². The van der Waals surface area contributed by atoms with Crippen molar-refractivity contribution in [1.82, 2.24) is 57.1 Å². The Morgan fingerprint density at radius 3 is 1.52 bits per heavy atom. The van der Waals surface area contributed by atoms with Gasteiger partial charge < -0.3 is 83.9 Å². The van der Waals surface area contributed by atoms with Crippen LogP contribution < -0.4 is 48.7 Å². The molecule has 496 valence electrons. The molecule has 1 fully saturated rings. The maximum absolute atomic E-state index is 15.5. The molecule has 0 unspecified atom stereocenters. The number of nitrogens with zero attached hydrogens (tertiary/aromatic N) is 1. The molecule has 3 aromatic heterocycles. The summed E-state index contributed by atoms with van der Waals surface area (Å²) in [6, 6.07) is 16.3. The molecule has 17 N–H and O–H groups in total. The molecule has 0 bridgehead atoms. The number of carboxylic acid groups (broad SMARTS) is 1. The number of carbonyl (C=O) groups excluding carboxylic acids is 8. The van der Waals surface area contributed by atoms with Crippen LogP contribution in [0.25, 0.3) is 32.7 Å². The first-order valence-electron chi connectivity index (χ1n) is 31.8. The van der Waals surface area contributed by atoms with Crippen LogP contribution in [0.15, 0.2) is 116 Å². The van der Waals surface area contributed by atoms with Crippen LogP contribution >= 0.6 is 0 Å². The van der Waals surface area contributed by atoms with Gasteiger partial charge >= 0.3 is 5.97 Å². The normalized spacial score (nSPS) is 16.4. The Bertz CT molecular complexity index is 3770. The number of H-pyrrole nitrogens is 3. The number of carbonyl (C=O) groups is 9. The van der Waals surface area contributed by atoms with Gasteiger partial charge in [0, 0.05) is 83.5 Å². The van der Waals surface area contributed by atoms with Crippen molar-refractivity contribution < 1.29 is 58.5 Å². The number of para-hydroxylation sites is 3. The van der Waals surface area contributed by atoms with Crippen molar-refractivity contribution in [1.29, 1.82) is 0 Å². The number of phenols is 1. The standard InChI is InChI=1S/C68H87N13O12/c1-6-38(4)59(80-62(86)52(77-65(89)57(70)39(5)82)30-40-24-26-44(83)27-25-40)66(90)74-51(22-13-14-28-69)60(84)78-55(33-43-36-73-50-21-12-9-18-47(43)50)67(91)81-29-15-23-56(81)64(88)76-53(31-41-34-71-48-19-10-7-16-45(41)48)61(85)75-54(63(87)79-58(37(2)3)68(92)93)32-42-35-72-49-20-11-8-17-46(42)49/h7-12,16-21,24-27,34-39,51-59,71-73,82-83H,6,13-15,22-23,28-33,69-70H2,1-5H3,(H,74,90)(H,75,85)(H,76,88)(H,77,89)(H,78,84)(H,79,87)(H,80,86)(H,92,93)/t38-,39+,51-,52-,53-,54-,55-,56-,57-,58-,59-/m0/s1. The number of benzene rings is 4. The lowest BCUT2D eigenvalue weighted by atomic mass is 9.96. The van der Waals surface area contributed by atoms with Crippen molar-refractivity contribution in [2.75, 3.05) is 13.1 Å². The molecule has 4 heterocycles. The van der Waals surface area contributed by atoms with Gasteiger partial charge in [-0.3, -0.25) is 38.4 Å². The van der Waals surface area contributed by atoms with E-state index in [1.807, 2.05) is 79.7 Å². The number of aliphatic hydroxyl groups is 1. The van der Waals surface area contributed by atoms with E-state index in [1.54, 1.807) is 51.5 Å². The molecule has 93 heavy (non-hydrogen) atoms. The number of aliphatic carboxylic acids is 1. The van der Waals surface area contributed by atoms with Crippen LogP contribution in [0.4, 0.5) is 0 Å². The lowest BCUT2D eigenvalue weighted by Crippen LogP contribution is -2.61. The highest BCUT2D eigenvalue weighted by molar-refractivity contribution is 6.00. The minimum atomic E-state index is -1.40. The van der Waals surface area contributed by atoms with Gasteiger partial charge in [-0.25, -0.2) is 4.79 Å². The van der Waals surface area contributed by atoms with Crippen molar-refractivity contribution in [2.24, 2.45) is 23.3 Å². The average molecular weight is 1280 g/mol. The molecule has 25 heteroatoms. The van der Waals surface area contributed by atoms with Crippen molar-refractivity contribution in [3.05, 3.63) is 138 Å². The topological polar surface area (TPSA) is 401 Å². The van der Waals surface area contributed by atoms with Crippen molar-refractivity contribution in [3.63, 3.8) is 0 Å². The Morgan fingerprint density at radius 2 is 1.01 bits per heavy atom. The Labute approximate surface area is 538 Å². The van der Waals surface area contributed by atoms with Crippen LogP contribution in [-0.4, -0.2) is 162 Å². The molecule has 11 atom stereocenters. The molecular weight excluding hydrogens is 1190 g/mol. The van der Waals surface area contributed by atoms with Crippen molar-refractivity contribution in [2.45, 2.75) is 159 Å². The molecule has 4 aromatic carbocycles. The maximum Gasteiger partial charge on any atom is 0.326 e. The number of phenolic OH excluding ortho intramolecular Hbond substituents is 1. The van der Waals surface area contributed by atoms with E-state index < -0.39 is 126 Å². The van der Waals surface area contributed by atoms with Gasteiger partial charge in [-0.05, 0) is 110 Å². The third-order valence-electron chi connectivity index (χ3n) is 17.5. The van der Waals surface area contributed by atoms with Crippen molar-refractivity contribution in [3.8, 4) is 5.75 Å². The average Bonchev–Trinajstić information content (AvgIpc) is 1.86. The number of rotatable bonds is 32. The number of fused-ring (bicyclic) bond motifs is 3. The largest absolute Gasteiger partial charge is 0.508 e. The molecule has 0 aliphatic carbocycles. The Hall–Kier alpha value is -9.59. The Kier molecular flexibility index (Phi) is 23.9. The number of likely N-dealkylation sites (tertiary alicyclic amines) is 1. The predicted octanol–water partition coefficient (Wildman–Crippen LogP) is 3.12. The lowest BCUT2D eigenvalue weighted by molar-refractivity contribution is -0.143. The van der Waals surface area contributed by atoms with Gasteiger partial charge in [-0.1, -0.05) is 101 Å². The summed E-state index contributed by atoms with van der Waals surface area (Å²) >= 11 is 0. The lowest BCUT2D eigenvalue weighted by Gasteiger charge is -2.32. The molecule has 8 amide bonds. The van der Waals surface area contributed by atoms with Crippen LogP contribution in [0.1, 0.15) is 95.4 Å². The number of aromatic hydroxyl groups is 1. The summed E-state index contributed by atoms with van der Waals surface area (Å²) in [6.07, 6.45) is 5.35. The first kappa shape index (κ1) is 69.3. The number of aromatic amines is 3. The van der Waals surface area contributed by atoms with Gasteiger partial charge in [0.15, 0.2) is 0 Å². The van der Waals surface area contributed by atoms with E-state index in [-0.39, 0.29) is 57.4 Å². The molecule has 0 radical (unpaired) electrons. The Morgan fingerprint density at radius 1 is 0.559 bits per heavy atom. The second-order valence-electron chi connectivity index (χ2n) is 24.5. The maximum atomic E-state index is 15.5. The summed E-state index contributed by atoms with van der Waals surface area (Å²) in [5.74, 6) is -8.30. The van der Waals surface area contributed by atoms with E-state index in [2.05, 4.69) is 52.2 Å². The fraction of sp³-hybridized carbons (Fsp3) is 0.426.